The van der Waals surface area contributed by atoms with Crippen molar-refractivity contribution in [3.8, 4) is 0 Å². The first-order chi connectivity index (χ1) is 14.8. The van der Waals surface area contributed by atoms with Crippen LogP contribution in [0.15, 0.2) is 0 Å². The molecular weight excluding hydrogens is 370 g/mol. The van der Waals surface area contributed by atoms with Gasteiger partial charge in [-0.25, -0.2) is 4.98 Å². The fourth-order valence-corrected chi connectivity index (χ4v) is 5.62. The molecular formula is C25H43N5. The Kier molecular flexibility index (Phi) is 7.86. The highest BCUT2D eigenvalue weighted by molar-refractivity contribution is 5.54. The molecule has 0 spiro atoms. The zero-order valence-electron chi connectivity index (χ0n) is 19.4. The fourth-order valence-electron chi connectivity index (χ4n) is 5.62. The van der Waals surface area contributed by atoms with Crippen molar-refractivity contribution in [2.45, 2.75) is 109 Å². The third kappa shape index (κ3) is 5.27. The summed E-state index contributed by atoms with van der Waals surface area (Å²) in [5.41, 5.74) is 2.76. The van der Waals surface area contributed by atoms with E-state index in [9.17, 15) is 0 Å². The SMILES string of the molecule is CCC(CC)CNC1CCCC1Nc1nc2c(c(N3CCCCCC3)n1)CCCC2. The van der Waals surface area contributed by atoms with Crippen LogP contribution in [0.2, 0.25) is 0 Å². The Morgan fingerprint density at radius 1 is 0.867 bits per heavy atom. The lowest BCUT2D eigenvalue weighted by atomic mass is 9.96. The molecule has 5 heteroatoms. The largest absolute Gasteiger partial charge is 0.356 e. The molecule has 2 heterocycles. The number of aryl methyl sites for hydroxylation is 1. The molecule has 2 aliphatic carbocycles. The summed E-state index contributed by atoms with van der Waals surface area (Å²) < 4.78 is 0. The van der Waals surface area contributed by atoms with E-state index in [1.165, 1.54) is 87.7 Å². The first kappa shape index (κ1) is 21.9. The Balaban J connectivity index is 1.50. The lowest BCUT2D eigenvalue weighted by molar-refractivity contribution is 0.398. The maximum atomic E-state index is 5.15. The van der Waals surface area contributed by atoms with Gasteiger partial charge in [0.25, 0.3) is 0 Å². The lowest BCUT2D eigenvalue weighted by Gasteiger charge is -2.29. The van der Waals surface area contributed by atoms with E-state index in [0.29, 0.717) is 12.1 Å². The topological polar surface area (TPSA) is 53.1 Å². The maximum absolute atomic E-state index is 5.15. The van der Waals surface area contributed by atoms with Crippen LogP contribution in [0.1, 0.15) is 95.7 Å². The summed E-state index contributed by atoms with van der Waals surface area (Å²) in [6, 6.07) is 1.00. The van der Waals surface area contributed by atoms with Crippen molar-refractivity contribution in [3.63, 3.8) is 0 Å². The normalized spacial score (nSPS) is 24.7. The van der Waals surface area contributed by atoms with E-state index in [4.69, 9.17) is 9.97 Å². The molecule has 0 aromatic carbocycles. The van der Waals surface area contributed by atoms with Crippen molar-refractivity contribution in [2.75, 3.05) is 29.9 Å². The summed E-state index contributed by atoms with van der Waals surface area (Å²) in [4.78, 5) is 12.8. The smallest absolute Gasteiger partial charge is 0.225 e. The molecule has 2 unspecified atom stereocenters. The molecule has 1 saturated carbocycles. The zero-order valence-corrected chi connectivity index (χ0v) is 19.4. The monoisotopic (exact) mass is 413 g/mol. The summed E-state index contributed by atoms with van der Waals surface area (Å²) in [6.45, 7) is 8.08. The van der Waals surface area contributed by atoms with E-state index >= 15 is 0 Å². The van der Waals surface area contributed by atoms with Gasteiger partial charge in [-0.15, -0.1) is 0 Å². The Morgan fingerprint density at radius 3 is 2.37 bits per heavy atom. The van der Waals surface area contributed by atoms with Gasteiger partial charge in [-0.3, -0.25) is 0 Å². The third-order valence-electron chi connectivity index (χ3n) is 7.72. The lowest BCUT2D eigenvalue weighted by Crippen LogP contribution is -2.42. The average molecular weight is 414 g/mol. The summed E-state index contributed by atoms with van der Waals surface area (Å²) in [7, 11) is 0. The van der Waals surface area contributed by atoms with Gasteiger partial charge in [0.05, 0.1) is 5.69 Å². The molecule has 0 amide bonds. The van der Waals surface area contributed by atoms with Gasteiger partial charge in [0.1, 0.15) is 5.82 Å². The minimum atomic E-state index is 0.456. The Morgan fingerprint density at radius 2 is 1.60 bits per heavy atom. The molecule has 1 aromatic rings. The fraction of sp³-hybridized carbons (Fsp3) is 0.840. The highest BCUT2D eigenvalue weighted by Gasteiger charge is 2.29. The number of nitrogens with one attached hydrogen (secondary N) is 2. The Hall–Kier alpha value is -1.36. The standard InChI is InChI=1S/C25H43N5/c1-3-19(4-2)18-26-22-14-11-15-23(22)28-25-27-21-13-8-7-12-20(21)24(29-25)30-16-9-5-6-10-17-30/h19,22-23,26H,3-18H2,1-2H3,(H,27,28,29). The van der Waals surface area contributed by atoms with E-state index in [-0.39, 0.29) is 0 Å². The molecule has 2 atom stereocenters. The zero-order chi connectivity index (χ0) is 20.8. The van der Waals surface area contributed by atoms with Gasteiger partial charge >= 0.3 is 0 Å². The molecule has 3 aliphatic rings. The molecule has 0 radical (unpaired) electrons. The van der Waals surface area contributed by atoms with E-state index in [2.05, 4.69) is 29.4 Å². The molecule has 2 N–H and O–H groups in total. The van der Waals surface area contributed by atoms with Crippen LogP contribution in [0, 0.1) is 5.92 Å². The number of aromatic nitrogens is 2. The molecule has 30 heavy (non-hydrogen) atoms. The van der Waals surface area contributed by atoms with Crippen LogP contribution in [-0.2, 0) is 12.8 Å². The number of rotatable bonds is 8. The Bertz CT molecular complexity index is 664. The average Bonchev–Trinajstić information content (AvgIpc) is 3.04. The van der Waals surface area contributed by atoms with Gasteiger partial charge < -0.3 is 15.5 Å². The summed E-state index contributed by atoms with van der Waals surface area (Å²) >= 11 is 0. The molecule has 1 saturated heterocycles. The van der Waals surface area contributed by atoms with Crippen molar-refractivity contribution in [1.29, 1.82) is 0 Å². The molecule has 5 nitrogen and oxygen atoms in total. The van der Waals surface area contributed by atoms with Crippen molar-refractivity contribution < 1.29 is 0 Å². The second-order valence-corrected chi connectivity index (χ2v) is 9.78. The first-order valence-corrected chi connectivity index (χ1v) is 12.9. The van der Waals surface area contributed by atoms with Gasteiger partial charge in [0.15, 0.2) is 0 Å². The van der Waals surface area contributed by atoms with Crippen LogP contribution in [-0.4, -0.2) is 41.7 Å². The van der Waals surface area contributed by atoms with E-state index in [0.717, 1.165) is 44.3 Å². The first-order valence-electron chi connectivity index (χ1n) is 12.9. The summed E-state index contributed by atoms with van der Waals surface area (Å²) in [5, 5.41) is 7.66. The number of anilines is 2. The van der Waals surface area contributed by atoms with E-state index in [1.54, 1.807) is 0 Å². The van der Waals surface area contributed by atoms with Gasteiger partial charge in [0.2, 0.25) is 5.95 Å². The summed E-state index contributed by atoms with van der Waals surface area (Å²) in [5.74, 6) is 2.93. The second kappa shape index (κ2) is 10.8. The second-order valence-electron chi connectivity index (χ2n) is 9.78. The molecule has 1 aromatic heterocycles. The number of fused-ring (bicyclic) bond motifs is 1. The predicted octanol–water partition coefficient (Wildman–Crippen LogP) is 5.09. The summed E-state index contributed by atoms with van der Waals surface area (Å²) in [6.07, 6.45) is 16.5. The number of hydrogen-bond acceptors (Lipinski definition) is 5. The van der Waals surface area contributed by atoms with E-state index < -0.39 is 0 Å². The quantitative estimate of drug-likeness (QED) is 0.621. The highest BCUT2D eigenvalue weighted by atomic mass is 15.2. The van der Waals surface area contributed by atoms with Crippen LogP contribution < -0.4 is 15.5 Å². The minimum absolute atomic E-state index is 0.456. The van der Waals surface area contributed by atoms with Crippen LogP contribution >= 0.6 is 0 Å². The Labute approximate surface area is 183 Å². The molecule has 168 valence electrons. The molecule has 1 aliphatic heterocycles. The van der Waals surface area contributed by atoms with Crippen molar-refractivity contribution >= 4 is 11.8 Å². The van der Waals surface area contributed by atoms with Gasteiger partial charge in [-0.1, -0.05) is 39.5 Å². The van der Waals surface area contributed by atoms with Crippen LogP contribution in [0.25, 0.3) is 0 Å². The van der Waals surface area contributed by atoms with Gasteiger partial charge in [-0.2, -0.15) is 4.98 Å². The third-order valence-corrected chi connectivity index (χ3v) is 7.72. The highest BCUT2D eigenvalue weighted by Crippen LogP contribution is 2.31. The number of nitrogens with zero attached hydrogens (tertiary/aromatic N) is 3. The van der Waals surface area contributed by atoms with Crippen molar-refractivity contribution in [3.05, 3.63) is 11.3 Å². The predicted molar refractivity (Wildman–Crippen MR) is 126 cm³/mol. The van der Waals surface area contributed by atoms with Crippen LogP contribution in [0.3, 0.4) is 0 Å². The minimum Gasteiger partial charge on any atom is -0.356 e. The van der Waals surface area contributed by atoms with Crippen molar-refractivity contribution in [1.82, 2.24) is 15.3 Å². The van der Waals surface area contributed by atoms with E-state index in [1.807, 2.05) is 0 Å². The molecule has 2 fully saturated rings. The van der Waals surface area contributed by atoms with Crippen LogP contribution in [0.5, 0.6) is 0 Å². The van der Waals surface area contributed by atoms with Gasteiger partial charge in [0, 0.05) is 30.7 Å². The molecule has 4 rings (SSSR count). The van der Waals surface area contributed by atoms with Gasteiger partial charge in [-0.05, 0) is 70.3 Å². The van der Waals surface area contributed by atoms with Crippen molar-refractivity contribution in [2.24, 2.45) is 5.92 Å². The maximum Gasteiger partial charge on any atom is 0.225 e. The number of hydrogen-bond donors (Lipinski definition) is 2. The van der Waals surface area contributed by atoms with Crippen LogP contribution in [0.4, 0.5) is 11.8 Å². The molecule has 0 bridgehead atoms.